The zero-order valence-corrected chi connectivity index (χ0v) is 7.97. The van der Waals surface area contributed by atoms with Gasteiger partial charge in [0, 0.05) is 11.9 Å². The fourth-order valence-electron chi connectivity index (χ4n) is 0.911. The number of primary amides is 1. The highest BCUT2D eigenvalue weighted by Gasteiger charge is 2.14. The Bertz CT molecular complexity index is 258. The normalized spacial score (nSPS) is 12.5. The number of nitrogens with zero attached hydrogens (tertiary/aromatic N) is 1. The van der Waals surface area contributed by atoms with Gasteiger partial charge in [-0.1, -0.05) is 6.07 Å². The molecule has 0 saturated carbocycles. The second kappa shape index (κ2) is 3.58. The maximum absolute atomic E-state index is 10.8. The van der Waals surface area contributed by atoms with Crippen molar-refractivity contribution in [2.75, 3.05) is 7.05 Å². The lowest BCUT2D eigenvalue weighted by Crippen LogP contribution is -2.33. The molecule has 0 bridgehead atoms. The minimum Gasteiger partial charge on any atom is -0.351 e. The van der Waals surface area contributed by atoms with Crippen LogP contribution in [0.25, 0.3) is 0 Å². The minimum absolute atomic E-state index is 0.0718. The number of amides is 2. The SMILES string of the molecule is CC(c1cccs1)N(C)C(N)=O. The number of rotatable bonds is 2. The topological polar surface area (TPSA) is 46.3 Å². The number of hydrogen-bond donors (Lipinski definition) is 1. The van der Waals surface area contributed by atoms with E-state index >= 15 is 0 Å². The summed E-state index contributed by atoms with van der Waals surface area (Å²) >= 11 is 1.63. The molecule has 0 aliphatic heterocycles. The highest BCUT2D eigenvalue weighted by atomic mass is 32.1. The second-order valence-corrected chi connectivity index (χ2v) is 3.62. The van der Waals surface area contributed by atoms with Crippen molar-refractivity contribution in [2.45, 2.75) is 13.0 Å². The third kappa shape index (κ3) is 1.76. The lowest BCUT2D eigenvalue weighted by Gasteiger charge is -2.21. The summed E-state index contributed by atoms with van der Waals surface area (Å²) in [6.07, 6.45) is 0. The van der Waals surface area contributed by atoms with Crippen LogP contribution in [-0.4, -0.2) is 18.0 Å². The molecule has 4 heteroatoms. The number of carbonyl (C=O) groups excluding carboxylic acids is 1. The Morgan fingerprint density at radius 2 is 2.42 bits per heavy atom. The van der Waals surface area contributed by atoms with Crippen molar-refractivity contribution >= 4 is 17.4 Å². The summed E-state index contributed by atoms with van der Waals surface area (Å²) in [4.78, 5) is 13.5. The largest absolute Gasteiger partial charge is 0.351 e. The van der Waals surface area contributed by atoms with E-state index < -0.39 is 6.03 Å². The molecular formula is C8H12N2OS. The molecular weight excluding hydrogens is 172 g/mol. The predicted molar refractivity (Wildman–Crippen MR) is 50.1 cm³/mol. The van der Waals surface area contributed by atoms with E-state index in [4.69, 9.17) is 5.73 Å². The third-order valence-corrected chi connectivity index (χ3v) is 2.93. The smallest absolute Gasteiger partial charge is 0.315 e. The molecule has 0 aliphatic rings. The highest BCUT2D eigenvalue weighted by molar-refractivity contribution is 7.10. The first kappa shape index (κ1) is 9.06. The van der Waals surface area contributed by atoms with Gasteiger partial charge in [-0.2, -0.15) is 0 Å². The molecule has 1 unspecified atom stereocenters. The Kier molecular flexibility index (Phi) is 2.70. The van der Waals surface area contributed by atoms with Gasteiger partial charge in [0.05, 0.1) is 6.04 Å². The molecule has 2 amide bonds. The number of nitrogens with two attached hydrogens (primary N) is 1. The van der Waals surface area contributed by atoms with Crippen LogP contribution in [0.5, 0.6) is 0 Å². The maximum Gasteiger partial charge on any atom is 0.315 e. The Morgan fingerprint density at radius 3 is 2.83 bits per heavy atom. The summed E-state index contributed by atoms with van der Waals surface area (Å²) in [5.74, 6) is 0. The van der Waals surface area contributed by atoms with Gasteiger partial charge in [0.25, 0.3) is 0 Å². The molecule has 1 heterocycles. The van der Waals surface area contributed by atoms with Gasteiger partial charge < -0.3 is 10.6 Å². The Morgan fingerprint density at radius 1 is 1.75 bits per heavy atom. The van der Waals surface area contributed by atoms with Crippen molar-refractivity contribution in [1.29, 1.82) is 0 Å². The van der Waals surface area contributed by atoms with Crippen LogP contribution >= 0.6 is 11.3 Å². The maximum atomic E-state index is 10.8. The van der Waals surface area contributed by atoms with Gasteiger partial charge in [0.1, 0.15) is 0 Å². The predicted octanol–water partition coefficient (Wildman–Crippen LogP) is 1.82. The molecule has 1 rings (SSSR count). The van der Waals surface area contributed by atoms with Crippen molar-refractivity contribution in [3.8, 4) is 0 Å². The number of thiophene rings is 1. The van der Waals surface area contributed by atoms with Crippen molar-refractivity contribution < 1.29 is 4.79 Å². The van der Waals surface area contributed by atoms with E-state index in [-0.39, 0.29) is 6.04 Å². The zero-order valence-electron chi connectivity index (χ0n) is 7.15. The quantitative estimate of drug-likeness (QED) is 0.748. The number of hydrogen-bond acceptors (Lipinski definition) is 2. The van der Waals surface area contributed by atoms with Gasteiger partial charge in [-0.05, 0) is 18.4 Å². The molecule has 0 aliphatic carbocycles. The summed E-state index contributed by atoms with van der Waals surface area (Å²) in [6.45, 7) is 1.95. The molecule has 0 fully saturated rings. The van der Waals surface area contributed by atoms with Crippen LogP contribution in [0.1, 0.15) is 17.8 Å². The Hall–Kier alpha value is -1.03. The summed E-state index contributed by atoms with van der Waals surface area (Å²) in [5, 5.41) is 1.99. The molecule has 3 nitrogen and oxygen atoms in total. The van der Waals surface area contributed by atoms with E-state index in [1.807, 2.05) is 24.4 Å². The first-order chi connectivity index (χ1) is 5.63. The fraction of sp³-hybridized carbons (Fsp3) is 0.375. The molecule has 0 radical (unpaired) electrons. The Labute approximate surface area is 75.8 Å². The average molecular weight is 184 g/mol. The highest BCUT2D eigenvalue weighted by Crippen LogP contribution is 2.22. The van der Waals surface area contributed by atoms with Gasteiger partial charge in [0.15, 0.2) is 0 Å². The number of carbonyl (C=O) groups is 1. The average Bonchev–Trinajstić information content (AvgIpc) is 2.53. The van der Waals surface area contributed by atoms with Gasteiger partial charge >= 0.3 is 6.03 Å². The molecule has 12 heavy (non-hydrogen) atoms. The van der Waals surface area contributed by atoms with E-state index in [0.717, 1.165) is 4.88 Å². The fourth-order valence-corrected chi connectivity index (χ4v) is 1.74. The van der Waals surface area contributed by atoms with E-state index in [1.54, 1.807) is 18.4 Å². The molecule has 0 spiro atoms. The first-order valence-electron chi connectivity index (χ1n) is 3.68. The molecule has 1 atom stereocenters. The van der Waals surface area contributed by atoms with Crippen molar-refractivity contribution in [3.05, 3.63) is 22.4 Å². The van der Waals surface area contributed by atoms with Gasteiger partial charge in [0.2, 0.25) is 0 Å². The minimum atomic E-state index is -0.393. The molecule has 66 valence electrons. The Balaban J connectivity index is 2.71. The second-order valence-electron chi connectivity index (χ2n) is 2.64. The van der Waals surface area contributed by atoms with Crippen LogP contribution in [0, 0.1) is 0 Å². The summed E-state index contributed by atoms with van der Waals surface area (Å²) in [7, 11) is 1.70. The van der Waals surface area contributed by atoms with E-state index in [1.165, 1.54) is 4.90 Å². The molecule has 0 aromatic carbocycles. The van der Waals surface area contributed by atoms with Gasteiger partial charge in [-0.3, -0.25) is 0 Å². The van der Waals surface area contributed by atoms with Crippen LogP contribution in [0.15, 0.2) is 17.5 Å². The monoisotopic (exact) mass is 184 g/mol. The zero-order chi connectivity index (χ0) is 9.14. The van der Waals surface area contributed by atoms with Crippen LogP contribution < -0.4 is 5.73 Å². The van der Waals surface area contributed by atoms with E-state index in [2.05, 4.69) is 0 Å². The van der Waals surface area contributed by atoms with E-state index in [9.17, 15) is 4.79 Å². The number of urea groups is 1. The van der Waals surface area contributed by atoms with Crippen LogP contribution in [0.2, 0.25) is 0 Å². The van der Waals surface area contributed by atoms with Gasteiger partial charge in [-0.15, -0.1) is 11.3 Å². The standard InChI is InChI=1S/C8H12N2OS/c1-6(10(2)8(9)11)7-4-3-5-12-7/h3-6H,1-2H3,(H2,9,11). The molecule has 2 N–H and O–H groups in total. The van der Waals surface area contributed by atoms with Crippen molar-refractivity contribution in [3.63, 3.8) is 0 Å². The van der Waals surface area contributed by atoms with Crippen LogP contribution in [-0.2, 0) is 0 Å². The van der Waals surface area contributed by atoms with Crippen LogP contribution in [0.4, 0.5) is 4.79 Å². The van der Waals surface area contributed by atoms with E-state index in [0.29, 0.717) is 0 Å². The molecule has 0 saturated heterocycles. The summed E-state index contributed by atoms with van der Waals surface area (Å²) < 4.78 is 0. The van der Waals surface area contributed by atoms with Crippen molar-refractivity contribution in [1.82, 2.24) is 4.90 Å². The van der Waals surface area contributed by atoms with Gasteiger partial charge in [-0.25, -0.2) is 4.79 Å². The molecule has 1 aromatic rings. The molecule has 1 aromatic heterocycles. The third-order valence-electron chi connectivity index (χ3n) is 1.88. The summed E-state index contributed by atoms with van der Waals surface area (Å²) in [5.41, 5.74) is 5.13. The lowest BCUT2D eigenvalue weighted by molar-refractivity contribution is 0.205. The van der Waals surface area contributed by atoms with Crippen molar-refractivity contribution in [2.24, 2.45) is 5.73 Å². The first-order valence-corrected chi connectivity index (χ1v) is 4.56. The lowest BCUT2D eigenvalue weighted by atomic mass is 10.2. The van der Waals surface area contributed by atoms with Crippen LogP contribution in [0.3, 0.4) is 0 Å². The summed E-state index contributed by atoms with van der Waals surface area (Å²) in [6, 6.07) is 3.64.